The molecule has 2 aliphatic rings. The van der Waals surface area contributed by atoms with Gasteiger partial charge < -0.3 is 5.32 Å². The Bertz CT molecular complexity index is 403. The van der Waals surface area contributed by atoms with Crippen molar-refractivity contribution >= 4 is 11.8 Å². The van der Waals surface area contributed by atoms with Gasteiger partial charge in [0.2, 0.25) is 0 Å². The summed E-state index contributed by atoms with van der Waals surface area (Å²) in [4.78, 5) is 2.66. The van der Waals surface area contributed by atoms with Gasteiger partial charge >= 0.3 is 0 Å². The minimum Gasteiger partial charge on any atom is -0.311 e. The molecule has 2 fully saturated rings. The van der Waals surface area contributed by atoms with Crippen molar-refractivity contribution in [3.63, 3.8) is 0 Å². The molecule has 1 N–H and O–H groups in total. The van der Waals surface area contributed by atoms with E-state index >= 15 is 0 Å². The van der Waals surface area contributed by atoms with Crippen molar-refractivity contribution in [1.29, 1.82) is 0 Å². The molecule has 3 rings (SSSR count). The van der Waals surface area contributed by atoms with Crippen LogP contribution in [0.3, 0.4) is 0 Å². The zero-order valence-electron chi connectivity index (χ0n) is 12.4. The molecule has 3 unspecified atom stereocenters. The summed E-state index contributed by atoms with van der Waals surface area (Å²) in [6, 6.07) is 12.3. The number of rotatable bonds is 5. The van der Waals surface area contributed by atoms with Crippen LogP contribution in [0.1, 0.15) is 37.8 Å². The van der Waals surface area contributed by atoms with Gasteiger partial charge in [-0.05, 0) is 43.7 Å². The van der Waals surface area contributed by atoms with Crippen molar-refractivity contribution in [2.24, 2.45) is 0 Å². The minimum atomic E-state index is 0.552. The number of hydrogen-bond acceptors (Lipinski definition) is 3. The largest absolute Gasteiger partial charge is 0.311 e. The molecule has 0 amide bonds. The SMILES string of the molecule is CC1SCCC1NCC(c1ccccc1)N1CCCC1. The van der Waals surface area contributed by atoms with E-state index in [0.29, 0.717) is 12.1 Å². The quantitative estimate of drug-likeness (QED) is 0.895. The monoisotopic (exact) mass is 290 g/mol. The van der Waals surface area contributed by atoms with Crippen LogP contribution in [-0.2, 0) is 0 Å². The Hall–Kier alpha value is -0.510. The average molecular weight is 290 g/mol. The normalized spacial score (nSPS) is 28.9. The minimum absolute atomic E-state index is 0.552. The molecule has 2 aliphatic heterocycles. The van der Waals surface area contributed by atoms with E-state index in [9.17, 15) is 0 Å². The summed E-state index contributed by atoms with van der Waals surface area (Å²) < 4.78 is 0. The first-order chi connectivity index (χ1) is 9.84. The first-order valence-electron chi connectivity index (χ1n) is 7.98. The fourth-order valence-corrected chi connectivity index (χ4v) is 4.68. The van der Waals surface area contributed by atoms with Crippen molar-refractivity contribution in [3.05, 3.63) is 35.9 Å². The van der Waals surface area contributed by atoms with Gasteiger partial charge in [-0.1, -0.05) is 37.3 Å². The zero-order valence-corrected chi connectivity index (χ0v) is 13.2. The molecule has 0 spiro atoms. The maximum atomic E-state index is 3.84. The van der Waals surface area contributed by atoms with Gasteiger partial charge in [0, 0.05) is 23.9 Å². The molecule has 2 saturated heterocycles. The molecule has 110 valence electrons. The summed E-state index contributed by atoms with van der Waals surface area (Å²) >= 11 is 2.11. The Labute approximate surface area is 127 Å². The van der Waals surface area contributed by atoms with E-state index in [2.05, 4.69) is 59.2 Å². The molecule has 0 radical (unpaired) electrons. The molecule has 2 nitrogen and oxygen atoms in total. The molecule has 1 aromatic carbocycles. The number of nitrogens with zero attached hydrogens (tertiary/aromatic N) is 1. The van der Waals surface area contributed by atoms with E-state index in [1.807, 2.05) is 0 Å². The topological polar surface area (TPSA) is 15.3 Å². The second-order valence-electron chi connectivity index (χ2n) is 6.05. The van der Waals surface area contributed by atoms with E-state index in [1.165, 1.54) is 43.7 Å². The fourth-order valence-electron chi connectivity index (χ4n) is 3.45. The van der Waals surface area contributed by atoms with Gasteiger partial charge in [-0.2, -0.15) is 11.8 Å². The van der Waals surface area contributed by atoms with Gasteiger partial charge in [0.1, 0.15) is 0 Å². The van der Waals surface area contributed by atoms with Crippen LogP contribution in [0.25, 0.3) is 0 Å². The molecule has 0 aliphatic carbocycles. The molecule has 0 bridgehead atoms. The van der Waals surface area contributed by atoms with Crippen molar-refractivity contribution in [2.45, 2.75) is 43.5 Å². The van der Waals surface area contributed by atoms with E-state index < -0.39 is 0 Å². The number of nitrogens with one attached hydrogen (secondary N) is 1. The van der Waals surface area contributed by atoms with Crippen LogP contribution < -0.4 is 5.32 Å². The van der Waals surface area contributed by atoms with Gasteiger partial charge in [-0.15, -0.1) is 0 Å². The molecular formula is C17H26N2S. The second kappa shape index (κ2) is 6.97. The van der Waals surface area contributed by atoms with Crippen molar-refractivity contribution in [1.82, 2.24) is 10.2 Å². The Morgan fingerprint density at radius 1 is 1.25 bits per heavy atom. The lowest BCUT2D eigenvalue weighted by atomic mass is 10.0. The first kappa shape index (κ1) is 14.4. The van der Waals surface area contributed by atoms with Crippen LogP contribution in [0.2, 0.25) is 0 Å². The molecule has 1 aromatic rings. The third-order valence-electron chi connectivity index (χ3n) is 4.72. The van der Waals surface area contributed by atoms with Gasteiger partial charge in [0.05, 0.1) is 0 Å². The highest BCUT2D eigenvalue weighted by molar-refractivity contribution is 8.00. The highest BCUT2D eigenvalue weighted by atomic mass is 32.2. The number of thioether (sulfide) groups is 1. The molecule has 20 heavy (non-hydrogen) atoms. The highest BCUT2D eigenvalue weighted by Crippen LogP contribution is 2.28. The Morgan fingerprint density at radius 3 is 2.65 bits per heavy atom. The van der Waals surface area contributed by atoms with Crippen LogP contribution in [0, 0.1) is 0 Å². The molecule has 0 saturated carbocycles. The smallest absolute Gasteiger partial charge is 0.0472 e. The van der Waals surface area contributed by atoms with E-state index in [1.54, 1.807) is 0 Å². The Morgan fingerprint density at radius 2 is 2.00 bits per heavy atom. The molecular weight excluding hydrogens is 264 g/mol. The van der Waals surface area contributed by atoms with Crippen LogP contribution in [0.4, 0.5) is 0 Å². The first-order valence-corrected chi connectivity index (χ1v) is 9.03. The number of hydrogen-bond donors (Lipinski definition) is 1. The van der Waals surface area contributed by atoms with Gasteiger partial charge in [0.25, 0.3) is 0 Å². The summed E-state index contributed by atoms with van der Waals surface area (Å²) in [6.45, 7) is 5.98. The van der Waals surface area contributed by atoms with Gasteiger partial charge in [0.15, 0.2) is 0 Å². The predicted octanol–water partition coefficient (Wildman–Crippen LogP) is 3.31. The van der Waals surface area contributed by atoms with E-state index in [0.717, 1.165) is 11.8 Å². The highest BCUT2D eigenvalue weighted by Gasteiger charge is 2.27. The molecule has 0 aromatic heterocycles. The third-order valence-corrected chi connectivity index (χ3v) is 6.04. The summed E-state index contributed by atoms with van der Waals surface area (Å²) in [6.07, 6.45) is 4.05. The summed E-state index contributed by atoms with van der Waals surface area (Å²) in [5, 5.41) is 4.61. The molecule has 3 atom stereocenters. The average Bonchev–Trinajstić information content (AvgIpc) is 3.13. The lowest BCUT2D eigenvalue weighted by molar-refractivity contribution is 0.232. The summed E-state index contributed by atoms with van der Waals surface area (Å²) in [7, 11) is 0. The third kappa shape index (κ3) is 3.38. The predicted molar refractivity (Wildman–Crippen MR) is 88.3 cm³/mol. The van der Waals surface area contributed by atoms with Gasteiger partial charge in [-0.3, -0.25) is 4.90 Å². The van der Waals surface area contributed by atoms with Crippen molar-refractivity contribution < 1.29 is 0 Å². The summed E-state index contributed by atoms with van der Waals surface area (Å²) in [5.41, 5.74) is 1.47. The Balaban J connectivity index is 1.66. The van der Waals surface area contributed by atoms with Gasteiger partial charge in [-0.25, -0.2) is 0 Å². The Kier molecular flexibility index (Phi) is 5.03. The van der Waals surface area contributed by atoms with E-state index in [4.69, 9.17) is 0 Å². The van der Waals surface area contributed by atoms with Crippen molar-refractivity contribution in [3.8, 4) is 0 Å². The van der Waals surface area contributed by atoms with E-state index in [-0.39, 0.29) is 0 Å². The lowest BCUT2D eigenvalue weighted by Gasteiger charge is -2.30. The maximum absolute atomic E-state index is 3.84. The number of likely N-dealkylation sites (tertiary alicyclic amines) is 1. The summed E-state index contributed by atoms with van der Waals surface area (Å²) in [5.74, 6) is 1.32. The van der Waals surface area contributed by atoms with Crippen LogP contribution in [0.15, 0.2) is 30.3 Å². The fraction of sp³-hybridized carbons (Fsp3) is 0.647. The molecule has 2 heterocycles. The van der Waals surface area contributed by atoms with Crippen LogP contribution >= 0.6 is 11.8 Å². The van der Waals surface area contributed by atoms with Crippen molar-refractivity contribution in [2.75, 3.05) is 25.4 Å². The zero-order chi connectivity index (χ0) is 13.8. The molecule has 3 heteroatoms. The number of benzene rings is 1. The second-order valence-corrected chi connectivity index (χ2v) is 7.53. The van der Waals surface area contributed by atoms with Crippen LogP contribution in [0.5, 0.6) is 0 Å². The van der Waals surface area contributed by atoms with Crippen LogP contribution in [-0.4, -0.2) is 41.6 Å². The lowest BCUT2D eigenvalue weighted by Crippen LogP contribution is -2.40. The maximum Gasteiger partial charge on any atom is 0.0472 e. The standard InChI is InChI=1S/C17H26N2S/c1-14-16(9-12-20-14)18-13-17(19-10-5-6-11-19)15-7-3-2-4-8-15/h2-4,7-8,14,16-18H,5-6,9-13H2,1H3.